The first kappa shape index (κ1) is 45.9. The van der Waals surface area contributed by atoms with Crippen molar-refractivity contribution in [1.82, 2.24) is 9.97 Å². The van der Waals surface area contributed by atoms with E-state index in [1.165, 1.54) is 116 Å². The van der Waals surface area contributed by atoms with E-state index < -0.39 is 6.10 Å². The van der Waals surface area contributed by atoms with Gasteiger partial charge in [-0.05, 0) is 170 Å². The van der Waals surface area contributed by atoms with E-state index in [9.17, 15) is 4.79 Å². The molecule has 0 fully saturated rings. The number of aromatic nitrogens is 2. The molecular formula is C59H54IrN2O2-2. The van der Waals surface area contributed by atoms with Crippen LogP contribution in [0.15, 0.2) is 122 Å². The van der Waals surface area contributed by atoms with Crippen LogP contribution in [0.2, 0.25) is 0 Å². The molecule has 10 aromatic rings. The third-order valence-electron chi connectivity index (χ3n) is 12.6. The van der Waals surface area contributed by atoms with Crippen LogP contribution in [0.25, 0.3) is 87.1 Å². The second-order valence-electron chi connectivity index (χ2n) is 17.5. The Morgan fingerprint density at radius 1 is 0.469 bits per heavy atom. The van der Waals surface area contributed by atoms with Gasteiger partial charge in [0.1, 0.15) is 5.78 Å². The summed E-state index contributed by atoms with van der Waals surface area (Å²) in [7, 11) is 0. The Bertz CT molecular complexity index is 3170. The minimum atomic E-state index is -0.475. The number of aliphatic hydroxyl groups excluding tert-OH is 1. The van der Waals surface area contributed by atoms with Gasteiger partial charge in [-0.15, -0.1) is 47.5 Å². The van der Waals surface area contributed by atoms with E-state index >= 15 is 0 Å². The molecule has 0 bridgehead atoms. The van der Waals surface area contributed by atoms with E-state index in [1.54, 1.807) is 6.92 Å². The first-order valence-electron chi connectivity index (χ1n) is 21.8. The molecule has 4 nitrogen and oxygen atoms in total. The zero-order valence-corrected chi connectivity index (χ0v) is 40.8. The van der Waals surface area contributed by atoms with Gasteiger partial charge in [0.05, 0.1) is 6.10 Å². The van der Waals surface area contributed by atoms with Crippen molar-refractivity contribution in [1.29, 1.82) is 0 Å². The predicted molar refractivity (Wildman–Crippen MR) is 267 cm³/mol. The number of fused-ring (bicyclic) bond motifs is 12. The smallest absolute Gasteiger partial charge is 0.132 e. The Balaban J connectivity index is 0.000000165. The van der Waals surface area contributed by atoms with Crippen LogP contribution in [-0.2, 0) is 24.9 Å². The first-order valence-corrected chi connectivity index (χ1v) is 21.8. The molecule has 2 aromatic heterocycles. The summed E-state index contributed by atoms with van der Waals surface area (Å²) in [6.07, 6.45) is 3.48. The van der Waals surface area contributed by atoms with Crippen LogP contribution in [0.4, 0.5) is 0 Å². The molecule has 1 atom stereocenters. The number of hydrogen-bond donors (Lipinski definition) is 1. The van der Waals surface area contributed by atoms with Crippen molar-refractivity contribution in [3.05, 3.63) is 178 Å². The van der Waals surface area contributed by atoms with Gasteiger partial charge >= 0.3 is 0 Å². The van der Waals surface area contributed by atoms with Crippen LogP contribution in [0, 0.1) is 67.5 Å². The van der Waals surface area contributed by atoms with Crippen LogP contribution in [0.3, 0.4) is 0 Å². The van der Waals surface area contributed by atoms with Gasteiger partial charge in [-0.3, -0.25) is 4.79 Å². The number of ketones is 1. The van der Waals surface area contributed by atoms with Crippen LogP contribution >= 0.6 is 0 Å². The van der Waals surface area contributed by atoms with Crippen LogP contribution < -0.4 is 0 Å². The fourth-order valence-corrected chi connectivity index (χ4v) is 8.68. The zero-order chi connectivity index (χ0) is 44.7. The van der Waals surface area contributed by atoms with Gasteiger partial charge in [0.15, 0.2) is 0 Å². The molecule has 64 heavy (non-hydrogen) atoms. The van der Waals surface area contributed by atoms with E-state index in [1.807, 2.05) is 48.8 Å². The Labute approximate surface area is 390 Å². The molecule has 0 saturated carbocycles. The number of nitrogens with zero attached hydrogens (tertiary/aromatic N) is 2. The number of carbonyl (C=O) groups is 1. The molecular weight excluding hydrogens is 961 g/mol. The molecule has 0 saturated heterocycles. The fraction of sp³-hybridized carbons (Fsp3) is 0.203. The SMILES string of the molecule is CC(=O)CC(C)O.Cc1cc2c3c[c-]c(-c4ccccn4)cc3c3cc(C)c(C)cc3c2cc1C.Cc1cc2c3c[c-]c(-c4ccccn4)cc3c3cc(C)c(C)cc3c2cc1C.[Ir]. The third-order valence-corrected chi connectivity index (χ3v) is 12.6. The van der Waals surface area contributed by atoms with E-state index in [-0.39, 0.29) is 32.3 Å². The summed E-state index contributed by atoms with van der Waals surface area (Å²) in [6, 6.07) is 46.5. The Morgan fingerprint density at radius 2 is 0.734 bits per heavy atom. The van der Waals surface area contributed by atoms with Crippen molar-refractivity contribution in [3.63, 3.8) is 0 Å². The summed E-state index contributed by atoms with van der Waals surface area (Å²) in [5.74, 6) is 0.0370. The van der Waals surface area contributed by atoms with Gasteiger partial charge < -0.3 is 15.1 Å². The Morgan fingerprint density at radius 3 is 0.953 bits per heavy atom. The molecule has 1 unspecified atom stereocenters. The zero-order valence-electron chi connectivity index (χ0n) is 38.4. The number of hydrogen-bond acceptors (Lipinski definition) is 4. The Kier molecular flexibility index (Phi) is 13.6. The summed E-state index contributed by atoms with van der Waals surface area (Å²) >= 11 is 0. The molecule has 8 aromatic carbocycles. The van der Waals surface area contributed by atoms with Crippen molar-refractivity contribution >= 4 is 70.4 Å². The number of pyridine rings is 2. The molecule has 0 aliphatic carbocycles. The number of aliphatic hydroxyl groups is 1. The molecule has 0 aliphatic rings. The van der Waals surface area contributed by atoms with Gasteiger partial charge in [0.25, 0.3) is 0 Å². The third kappa shape index (κ3) is 9.12. The van der Waals surface area contributed by atoms with Crippen molar-refractivity contribution in [2.24, 2.45) is 0 Å². The molecule has 1 N–H and O–H groups in total. The van der Waals surface area contributed by atoms with Crippen LogP contribution in [-0.4, -0.2) is 27.0 Å². The van der Waals surface area contributed by atoms with E-state index in [2.05, 4.69) is 150 Å². The summed E-state index contributed by atoms with van der Waals surface area (Å²) in [5.41, 5.74) is 14.6. The minimum Gasteiger partial charge on any atom is -0.393 e. The molecule has 5 heteroatoms. The topological polar surface area (TPSA) is 63.1 Å². The second-order valence-corrected chi connectivity index (χ2v) is 17.5. The monoisotopic (exact) mass is 1020 g/mol. The molecule has 0 amide bonds. The van der Waals surface area contributed by atoms with Crippen molar-refractivity contribution in [3.8, 4) is 22.5 Å². The summed E-state index contributed by atoms with van der Waals surface area (Å²) in [6.45, 7) is 20.6. The number of carbonyl (C=O) groups excluding carboxylic acids is 1. The maximum absolute atomic E-state index is 10.1. The largest absolute Gasteiger partial charge is 0.393 e. The maximum Gasteiger partial charge on any atom is 0.132 e. The maximum atomic E-state index is 10.1. The van der Waals surface area contributed by atoms with Crippen LogP contribution in [0.5, 0.6) is 0 Å². The predicted octanol–water partition coefficient (Wildman–Crippen LogP) is 14.8. The van der Waals surface area contributed by atoms with Gasteiger partial charge in [-0.1, -0.05) is 105 Å². The number of aryl methyl sites for hydroxylation is 8. The van der Waals surface area contributed by atoms with Crippen LogP contribution in [0.1, 0.15) is 64.8 Å². The van der Waals surface area contributed by atoms with E-state index in [4.69, 9.17) is 5.11 Å². The van der Waals surface area contributed by atoms with Gasteiger partial charge in [-0.2, -0.15) is 0 Å². The normalized spacial score (nSPS) is 11.6. The number of benzene rings is 8. The quantitative estimate of drug-likeness (QED) is 0.141. The molecule has 2 heterocycles. The summed E-state index contributed by atoms with van der Waals surface area (Å²) in [5, 5.41) is 24.1. The van der Waals surface area contributed by atoms with Gasteiger partial charge in [-0.25, -0.2) is 0 Å². The average Bonchev–Trinajstić information content (AvgIpc) is 3.26. The van der Waals surface area contributed by atoms with Crippen molar-refractivity contribution in [2.75, 3.05) is 0 Å². The van der Waals surface area contributed by atoms with Gasteiger partial charge in [0.2, 0.25) is 0 Å². The summed E-state index contributed by atoms with van der Waals surface area (Å²) in [4.78, 5) is 19.1. The van der Waals surface area contributed by atoms with Gasteiger partial charge in [0, 0.05) is 38.9 Å². The molecule has 323 valence electrons. The first-order chi connectivity index (χ1) is 30.2. The average molecular weight is 1020 g/mol. The molecule has 1 radical (unpaired) electrons. The minimum absolute atomic E-state index is 0. The molecule has 0 spiro atoms. The summed E-state index contributed by atoms with van der Waals surface area (Å²) < 4.78 is 0. The molecule has 0 aliphatic heterocycles. The fourth-order valence-electron chi connectivity index (χ4n) is 8.68. The van der Waals surface area contributed by atoms with Crippen molar-refractivity contribution in [2.45, 2.75) is 81.8 Å². The van der Waals surface area contributed by atoms with E-state index in [0.717, 1.165) is 22.5 Å². The standard InChI is InChI=1S/2C27H22N.C5H10O2.Ir/c2*1-16-11-22-21-9-8-20(27-7-5-6-10-28-27)15-26(21)25-14-19(4)18(3)13-24(25)23(22)12-17(16)2;1-4(6)3-5(2)7;/h2*5-7,9-15H,1-4H3;4,6H,3H2,1-2H3;/q2*-1;;. The second kappa shape index (κ2) is 18.9. The van der Waals surface area contributed by atoms with Crippen molar-refractivity contribution < 1.29 is 30.0 Å². The van der Waals surface area contributed by atoms with E-state index in [0.29, 0.717) is 0 Å². The number of Topliss-reactive ketones (excluding diaryl/α,β-unsaturated/α-hetero) is 1. The number of rotatable bonds is 4. The molecule has 10 rings (SSSR count). The Hall–Kier alpha value is -6.10.